The summed E-state index contributed by atoms with van der Waals surface area (Å²) in [7, 11) is 0. The molecule has 1 rings (SSSR count). The highest BCUT2D eigenvalue weighted by atomic mass is 16.3. The minimum absolute atomic E-state index is 0.391. The SMILES string of the molecule is C[C@H]1C(CO)[C@@H]1C. The van der Waals surface area contributed by atoms with Gasteiger partial charge in [-0.2, -0.15) is 0 Å². The molecule has 0 heterocycles. The van der Waals surface area contributed by atoms with Crippen molar-refractivity contribution < 1.29 is 5.11 Å². The van der Waals surface area contributed by atoms with E-state index >= 15 is 0 Å². The summed E-state index contributed by atoms with van der Waals surface area (Å²) < 4.78 is 0. The van der Waals surface area contributed by atoms with Crippen LogP contribution in [0.5, 0.6) is 0 Å². The van der Waals surface area contributed by atoms with Crippen molar-refractivity contribution in [1.29, 1.82) is 0 Å². The van der Waals surface area contributed by atoms with Gasteiger partial charge in [-0.15, -0.1) is 0 Å². The van der Waals surface area contributed by atoms with Gasteiger partial charge in [0.25, 0.3) is 0 Å². The molecule has 42 valence electrons. The summed E-state index contributed by atoms with van der Waals surface area (Å²) in [6.45, 7) is 4.76. The molecule has 1 fully saturated rings. The number of hydrogen-bond acceptors (Lipinski definition) is 1. The Balaban J connectivity index is 2.24. The average Bonchev–Trinajstić information content (AvgIpc) is 2.17. The number of rotatable bonds is 1. The molecule has 7 heavy (non-hydrogen) atoms. The first-order chi connectivity index (χ1) is 3.27. The zero-order valence-corrected chi connectivity index (χ0v) is 4.89. The van der Waals surface area contributed by atoms with Crippen molar-refractivity contribution in [3.8, 4) is 0 Å². The minimum atomic E-state index is 0.391. The number of hydrogen-bond donors (Lipinski definition) is 1. The normalized spacial score (nSPS) is 49.3. The standard InChI is InChI=1S/C6H12O/c1-4-5(2)6(4)3-7/h4-7H,3H2,1-2H3/t4-,5-/m1/s1. The predicted octanol–water partition coefficient (Wildman–Crippen LogP) is 0.881. The summed E-state index contributed by atoms with van der Waals surface area (Å²) >= 11 is 0. The third kappa shape index (κ3) is 0.653. The Bertz CT molecular complexity index is 62.6. The van der Waals surface area contributed by atoms with Gasteiger partial charge in [0.1, 0.15) is 0 Å². The maximum Gasteiger partial charge on any atom is 0.0464 e. The van der Waals surface area contributed by atoms with Crippen molar-refractivity contribution in [2.24, 2.45) is 17.8 Å². The number of aliphatic hydroxyl groups is 1. The molecule has 0 radical (unpaired) electrons. The van der Waals surface area contributed by atoms with Crippen LogP contribution in [0.2, 0.25) is 0 Å². The van der Waals surface area contributed by atoms with Gasteiger partial charge < -0.3 is 5.11 Å². The smallest absolute Gasteiger partial charge is 0.0464 e. The van der Waals surface area contributed by atoms with Crippen molar-refractivity contribution in [3.05, 3.63) is 0 Å². The predicted molar refractivity (Wildman–Crippen MR) is 28.9 cm³/mol. The summed E-state index contributed by atoms with van der Waals surface area (Å²) in [5, 5.41) is 8.55. The van der Waals surface area contributed by atoms with Crippen molar-refractivity contribution in [3.63, 3.8) is 0 Å². The number of aliphatic hydroxyl groups excluding tert-OH is 1. The van der Waals surface area contributed by atoms with Crippen LogP contribution in [0, 0.1) is 17.8 Å². The molecular formula is C6H12O. The Kier molecular flexibility index (Phi) is 1.08. The topological polar surface area (TPSA) is 20.2 Å². The summed E-state index contributed by atoms with van der Waals surface area (Å²) in [6, 6.07) is 0. The summed E-state index contributed by atoms with van der Waals surface area (Å²) in [5.74, 6) is 2.19. The second-order valence-electron chi connectivity index (χ2n) is 2.56. The van der Waals surface area contributed by atoms with Crippen LogP contribution >= 0.6 is 0 Å². The van der Waals surface area contributed by atoms with Crippen LogP contribution in [0.25, 0.3) is 0 Å². The molecule has 0 aromatic heterocycles. The lowest BCUT2D eigenvalue weighted by Gasteiger charge is -1.80. The molecule has 0 amide bonds. The quantitative estimate of drug-likeness (QED) is 0.518. The zero-order chi connectivity index (χ0) is 5.44. The molecule has 1 nitrogen and oxygen atoms in total. The van der Waals surface area contributed by atoms with Crippen LogP contribution in [0.4, 0.5) is 0 Å². The second kappa shape index (κ2) is 1.48. The maximum atomic E-state index is 8.55. The van der Waals surface area contributed by atoms with Crippen molar-refractivity contribution in [1.82, 2.24) is 0 Å². The Labute approximate surface area is 44.4 Å². The fraction of sp³-hybridized carbons (Fsp3) is 1.00. The van der Waals surface area contributed by atoms with Crippen LogP contribution in [0.15, 0.2) is 0 Å². The molecule has 0 saturated heterocycles. The third-order valence-electron chi connectivity index (χ3n) is 2.25. The molecule has 0 aliphatic heterocycles. The first-order valence-electron chi connectivity index (χ1n) is 2.88. The lowest BCUT2D eigenvalue weighted by Crippen LogP contribution is -1.85. The lowest BCUT2D eigenvalue weighted by molar-refractivity contribution is 0.266. The van der Waals surface area contributed by atoms with Crippen LogP contribution in [0.1, 0.15) is 13.8 Å². The molecule has 0 bridgehead atoms. The van der Waals surface area contributed by atoms with E-state index in [-0.39, 0.29) is 0 Å². The maximum absolute atomic E-state index is 8.55. The van der Waals surface area contributed by atoms with E-state index in [0.717, 1.165) is 11.8 Å². The molecule has 1 aliphatic rings. The van der Waals surface area contributed by atoms with Crippen molar-refractivity contribution in [2.75, 3.05) is 6.61 Å². The molecule has 1 saturated carbocycles. The zero-order valence-electron chi connectivity index (χ0n) is 4.89. The van der Waals surface area contributed by atoms with E-state index < -0.39 is 0 Å². The Morgan fingerprint density at radius 3 is 1.71 bits per heavy atom. The fourth-order valence-corrected chi connectivity index (χ4v) is 1.10. The minimum Gasteiger partial charge on any atom is -0.396 e. The average molecular weight is 100 g/mol. The largest absolute Gasteiger partial charge is 0.396 e. The molecule has 0 aromatic carbocycles. The molecule has 1 heteroatoms. The molecule has 0 aromatic rings. The molecule has 1 aliphatic carbocycles. The van der Waals surface area contributed by atoms with E-state index in [1.54, 1.807) is 0 Å². The Morgan fingerprint density at radius 2 is 1.71 bits per heavy atom. The highest BCUT2D eigenvalue weighted by Crippen LogP contribution is 2.44. The van der Waals surface area contributed by atoms with Gasteiger partial charge in [-0.05, 0) is 17.8 Å². The first kappa shape index (κ1) is 5.10. The summed E-state index contributed by atoms with van der Waals surface area (Å²) in [4.78, 5) is 0. The van der Waals surface area contributed by atoms with Crippen molar-refractivity contribution >= 4 is 0 Å². The van der Waals surface area contributed by atoms with E-state index in [1.807, 2.05) is 0 Å². The van der Waals surface area contributed by atoms with E-state index in [0.29, 0.717) is 12.5 Å². The van der Waals surface area contributed by atoms with E-state index in [1.165, 1.54) is 0 Å². The van der Waals surface area contributed by atoms with E-state index in [4.69, 9.17) is 5.11 Å². The van der Waals surface area contributed by atoms with Crippen LogP contribution in [-0.2, 0) is 0 Å². The Hall–Kier alpha value is -0.0400. The van der Waals surface area contributed by atoms with Crippen LogP contribution < -0.4 is 0 Å². The monoisotopic (exact) mass is 100 g/mol. The molecule has 0 spiro atoms. The molecule has 1 N–H and O–H groups in total. The van der Waals surface area contributed by atoms with Crippen molar-refractivity contribution in [2.45, 2.75) is 13.8 Å². The van der Waals surface area contributed by atoms with E-state index in [9.17, 15) is 0 Å². The molecule has 2 atom stereocenters. The first-order valence-corrected chi connectivity index (χ1v) is 2.88. The second-order valence-corrected chi connectivity index (χ2v) is 2.56. The fourth-order valence-electron chi connectivity index (χ4n) is 1.10. The van der Waals surface area contributed by atoms with Gasteiger partial charge in [0.15, 0.2) is 0 Å². The van der Waals surface area contributed by atoms with E-state index in [2.05, 4.69) is 13.8 Å². The van der Waals surface area contributed by atoms with Gasteiger partial charge in [-0.3, -0.25) is 0 Å². The van der Waals surface area contributed by atoms with Crippen LogP contribution in [-0.4, -0.2) is 11.7 Å². The van der Waals surface area contributed by atoms with Gasteiger partial charge in [-0.1, -0.05) is 13.8 Å². The van der Waals surface area contributed by atoms with Gasteiger partial charge in [-0.25, -0.2) is 0 Å². The Morgan fingerprint density at radius 1 is 1.29 bits per heavy atom. The van der Waals surface area contributed by atoms with Gasteiger partial charge >= 0.3 is 0 Å². The van der Waals surface area contributed by atoms with Crippen LogP contribution in [0.3, 0.4) is 0 Å². The van der Waals surface area contributed by atoms with Gasteiger partial charge in [0.05, 0.1) is 0 Å². The summed E-state index contributed by atoms with van der Waals surface area (Å²) in [5.41, 5.74) is 0. The van der Waals surface area contributed by atoms with Gasteiger partial charge in [0.2, 0.25) is 0 Å². The van der Waals surface area contributed by atoms with Gasteiger partial charge in [0, 0.05) is 6.61 Å². The molecule has 0 unspecified atom stereocenters. The lowest BCUT2D eigenvalue weighted by atomic mass is 10.4. The third-order valence-corrected chi connectivity index (χ3v) is 2.25. The highest BCUT2D eigenvalue weighted by molar-refractivity contribution is 4.89. The summed E-state index contributed by atoms with van der Waals surface area (Å²) in [6.07, 6.45) is 0. The molecular weight excluding hydrogens is 88.1 g/mol. The highest BCUT2D eigenvalue weighted by Gasteiger charge is 2.41.